The molecular weight excluding hydrogens is 368 g/mol. The van der Waals surface area contributed by atoms with Crippen LogP contribution in [0.5, 0.6) is 0 Å². The van der Waals surface area contributed by atoms with Crippen molar-refractivity contribution in [2.24, 2.45) is 0 Å². The Hall–Kier alpha value is -2.87. The van der Waals surface area contributed by atoms with Gasteiger partial charge in [-0.25, -0.2) is 8.42 Å². The zero-order valence-electron chi connectivity index (χ0n) is 14.8. The van der Waals surface area contributed by atoms with E-state index in [2.05, 4.69) is 5.32 Å². The highest BCUT2D eigenvalue weighted by atomic mass is 32.2. The lowest BCUT2D eigenvalue weighted by atomic mass is 10.1. The monoisotopic (exact) mass is 388 g/mol. The van der Waals surface area contributed by atoms with E-state index < -0.39 is 21.9 Å². The predicted octanol–water partition coefficient (Wildman–Crippen LogP) is 2.03. The summed E-state index contributed by atoms with van der Waals surface area (Å²) < 4.78 is 27.8. The van der Waals surface area contributed by atoms with E-state index in [0.29, 0.717) is 12.1 Å². The Morgan fingerprint density at radius 1 is 1.19 bits per heavy atom. The molecule has 0 spiro atoms. The number of hydrogen-bond donors (Lipinski definition) is 2. The first kappa shape index (κ1) is 18.9. The summed E-state index contributed by atoms with van der Waals surface area (Å²) in [6.07, 6.45) is 0.427. The molecule has 3 rings (SSSR count). The van der Waals surface area contributed by atoms with E-state index in [-0.39, 0.29) is 29.5 Å². The fourth-order valence-electron chi connectivity index (χ4n) is 3.20. The highest BCUT2D eigenvalue weighted by molar-refractivity contribution is 7.92. The van der Waals surface area contributed by atoms with E-state index in [1.807, 2.05) is 19.1 Å². The van der Waals surface area contributed by atoms with Crippen molar-refractivity contribution in [3.05, 3.63) is 59.7 Å². The van der Waals surface area contributed by atoms with E-state index in [1.54, 1.807) is 12.1 Å². The highest BCUT2D eigenvalue weighted by Crippen LogP contribution is 2.36. The second-order valence-electron chi connectivity index (χ2n) is 6.41. The molecule has 2 aromatic carbocycles. The van der Waals surface area contributed by atoms with Crippen LogP contribution < -0.4 is 9.62 Å². The van der Waals surface area contributed by atoms with Gasteiger partial charge in [0, 0.05) is 18.2 Å². The van der Waals surface area contributed by atoms with Gasteiger partial charge in [-0.15, -0.1) is 0 Å². The molecule has 2 N–H and O–H groups in total. The number of aliphatic carboxylic acids is 1. The normalized spacial score (nSPS) is 16.0. The van der Waals surface area contributed by atoms with Crippen LogP contribution in [0.15, 0.2) is 53.4 Å². The van der Waals surface area contributed by atoms with Crippen molar-refractivity contribution in [2.45, 2.75) is 30.7 Å². The van der Waals surface area contributed by atoms with Crippen LogP contribution in [0.2, 0.25) is 0 Å². The first-order valence-corrected chi connectivity index (χ1v) is 9.97. The van der Waals surface area contributed by atoms with Crippen LogP contribution in [0.4, 0.5) is 5.69 Å². The number of carboxylic acid groups (broad SMARTS) is 1. The summed E-state index contributed by atoms with van der Waals surface area (Å²) in [6, 6.07) is 12.9. The zero-order valence-corrected chi connectivity index (χ0v) is 15.6. The summed E-state index contributed by atoms with van der Waals surface area (Å²) in [7, 11) is -3.83. The van der Waals surface area contributed by atoms with Crippen molar-refractivity contribution in [1.29, 1.82) is 0 Å². The zero-order chi connectivity index (χ0) is 19.6. The number of amides is 1. The van der Waals surface area contributed by atoms with Crippen LogP contribution in [0.3, 0.4) is 0 Å². The van der Waals surface area contributed by atoms with E-state index >= 15 is 0 Å². The topological polar surface area (TPSA) is 104 Å². The van der Waals surface area contributed by atoms with Gasteiger partial charge in [0.15, 0.2) is 0 Å². The van der Waals surface area contributed by atoms with Crippen molar-refractivity contribution in [2.75, 3.05) is 10.8 Å². The van der Waals surface area contributed by atoms with Crippen molar-refractivity contribution in [1.82, 2.24) is 5.32 Å². The van der Waals surface area contributed by atoms with Crippen molar-refractivity contribution >= 4 is 27.6 Å². The fraction of sp³-hybridized carbons (Fsp3) is 0.263. The molecule has 8 heteroatoms. The Bertz CT molecular complexity index is 987. The fourth-order valence-corrected chi connectivity index (χ4v) is 4.94. The molecular formula is C19H20N2O5S. The van der Waals surface area contributed by atoms with E-state index in [4.69, 9.17) is 5.11 Å². The molecule has 1 unspecified atom stereocenters. The van der Waals surface area contributed by atoms with Gasteiger partial charge in [0.1, 0.15) is 0 Å². The number of hydrogen-bond acceptors (Lipinski definition) is 4. The summed E-state index contributed by atoms with van der Waals surface area (Å²) in [5.74, 6) is -1.53. The lowest BCUT2D eigenvalue weighted by Crippen LogP contribution is -2.36. The van der Waals surface area contributed by atoms with Crippen LogP contribution in [0, 0.1) is 0 Å². The summed E-state index contributed by atoms with van der Waals surface area (Å²) >= 11 is 0. The number of carboxylic acids is 1. The van der Waals surface area contributed by atoms with Gasteiger partial charge in [-0.1, -0.05) is 24.3 Å². The predicted molar refractivity (Wildman–Crippen MR) is 100 cm³/mol. The lowest BCUT2D eigenvalue weighted by molar-refractivity contribution is -0.136. The molecule has 27 heavy (non-hydrogen) atoms. The smallest absolute Gasteiger partial charge is 0.305 e. The summed E-state index contributed by atoms with van der Waals surface area (Å²) in [5.41, 5.74) is 1.79. The van der Waals surface area contributed by atoms with E-state index in [1.165, 1.54) is 28.6 Å². The molecule has 0 bridgehead atoms. The molecule has 0 saturated carbocycles. The molecule has 142 valence electrons. The summed E-state index contributed by atoms with van der Waals surface area (Å²) in [6.45, 7) is 1.82. The minimum Gasteiger partial charge on any atom is -0.481 e. The Morgan fingerprint density at radius 2 is 1.93 bits per heavy atom. The number of rotatable bonds is 6. The third-order valence-electron chi connectivity index (χ3n) is 4.42. The molecule has 0 fully saturated rings. The maximum absolute atomic E-state index is 13.2. The van der Waals surface area contributed by atoms with Crippen LogP contribution in [-0.2, 0) is 21.2 Å². The maximum Gasteiger partial charge on any atom is 0.305 e. The Kier molecular flexibility index (Phi) is 5.18. The lowest BCUT2D eigenvalue weighted by Gasteiger charge is -2.24. The van der Waals surface area contributed by atoms with Crippen molar-refractivity contribution in [3.63, 3.8) is 0 Å². The van der Waals surface area contributed by atoms with Crippen LogP contribution in [-0.4, -0.2) is 38.0 Å². The van der Waals surface area contributed by atoms with Crippen LogP contribution in [0.25, 0.3) is 0 Å². The van der Waals surface area contributed by atoms with E-state index in [9.17, 15) is 18.0 Å². The van der Waals surface area contributed by atoms with Gasteiger partial charge < -0.3 is 10.4 Å². The summed E-state index contributed by atoms with van der Waals surface area (Å²) in [4.78, 5) is 22.7. The van der Waals surface area contributed by atoms with Crippen molar-refractivity contribution < 1.29 is 23.1 Å². The quantitative estimate of drug-likeness (QED) is 0.788. The average molecular weight is 388 g/mol. The number of nitrogens with zero attached hydrogens (tertiary/aromatic N) is 1. The molecule has 1 aliphatic rings. The number of nitrogens with one attached hydrogen (secondary N) is 1. The standard InChI is InChI=1S/C19H20N2O5S/c1-13-11-14-5-2-3-8-17(14)21(13)27(25,26)16-7-4-6-15(12-16)19(24)20-10-9-18(22)23/h2-8,12-13H,9-11H2,1H3,(H,20,24)(H,22,23). The molecule has 0 aromatic heterocycles. The third kappa shape index (κ3) is 3.80. The Balaban J connectivity index is 1.88. The van der Waals surface area contributed by atoms with Gasteiger partial charge in [0.2, 0.25) is 0 Å². The average Bonchev–Trinajstić information content (AvgIpc) is 2.97. The van der Waals surface area contributed by atoms with Gasteiger partial charge in [0.05, 0.1) is 17.0 Å². The first-order chi connectivity index (χ1) is 12.8. The maximum atomic E-state index is 13.2. The van der Waals surface area contributed by atoms with Crippen LogP contribution >= 0.6 is 0 Å². The van der Waals surface area contributed by atoms with Gasteiger partial charge in [0.25, 0.3) is 15.9 Å². The second-order valence-corrected chi connectivity index (χ2v) is 8.23. The van der Waals surface area contributed by atoms with Crippen LogP contribution in [0.1, 0.15) is 29.3 Å². The number of benzene rings is 2. The third-order valence-corrected chi connectivity index (χ3v) is 6.35. The number of carbonyl (C=O) groups excluding carboxylic acids is 1. The SMILES string of the molecule is CC1Cc2ccccc2N1S(=O)(=O)c1cccc(C(=O)NCCC(=O)O)c1. The molecule has 7 nitrogen and oxygen atoms in total. The van der Waals surface area contributed by atoms with Gasteiger partial charge in [-0.05, 0) is 43.2 Å². The Labute approximate surface area is 157 Å². The molecule has 0 aliphatic carbocycles. The summed E-state index contributed by atoms with van der Waals surface area (Å²) in [5, 5.41) is 11.1. The van der Waals surface area contributed by atoms with Gasteiger partial charge in [-0.2, -0.15) is 0 Å². The number of anilines is 1. The highest BCUT2D eigenvalue weighted by Gasteiger charge is 2.36. The minimum absolute atomic E-state index is 0.0249. The number of fused-ring (bicyclic) bond motifs is 1. The molecule has 0 radical (unpaired) electrons. The minimum atomic E-state index is -3.83. The van der Waals surface area contributed by atoms with E-state index in [0.717, 1.165) is 5.56 Å². The molecule has 1 aliphatic heterocycles. The van der Waals surface area contributed by atoms with Gasteiger partial charge in [-0.3, -0.25) is 13.9 Å². The molecule has 1 atom stereocenters. The number of carbonyl (C=O) groups is 2. The van der Waals surface area contributed by atoms with Gasteiger partial charge >= 0.3 is 5.97 Å². The largest absolute Gasteiger partial charge is 0.481 e. The second kappa shape index (κ2) is 7.40. The first-order valence-electron chi connectivity index (χ1n) is 8.53. The molecule has 0 saturated heterocycles. The molecule has 1 heterocycles. The van der Waals surface area contributed by atoms with Crippen molar-refractivity contribution in [3.8, 4) is 0 Å². The Morgan fingerprint density at radius 3 is 2.67 bits per heavy atom. The molecule has 2 aromatic rings. The number of sulfonamides is 1. The number of para-hydroxylation sites is 1. The molecule has 1 amide bonds.